The molecule has 0 aliphatic rings. The number of aliphatic hydroxyl groups is 1. The van der Waals surface area contributed by atoms with Crippen molar-refractivity contribution in [2.45, 2.75) is 69.3 Å². The van der Waals surface area contributed by atoms with Crippen LogP contribution < -0.4 is 33.2 Å². The van der Waals surface area contributed by atoms with E-state index in [0.717, 1.165) is 23.4 Å². The zero-order valence-corrected chi connectivity index (χ0v) is 21.9. The standard InChI is InChI=1S/C25H35N7O8/c1-12(33)21(25(39)40)32-24(38)18(7-9-20(28)35)31-23(37)17(6-8-19(27)34)30-22(36)15(26)10-13-11-29-16-5-3-2-4-14(13)16/h2-5,11-12,15,17-18,21,29,33H,6-10,26H2,1H3,(H2,27,34)(H2,28,35)(H,30,36)(H,31,37)(H,32,38)(H,39,40). The fourth-order valence-corrected chi connectivity index (χ4v) is 3.93. The number of nitrogens with one attached hydrogen (secondary N) is 4. The van der Waals surface area contributed by atoms with E-state index in [-0.39, 0.29) is 32.1 Å². The van der Waals surface area contributed by atoms with Crippen LogP contribution in [0, 0.1) is 0 Å². The van der Waals surface area contributed by atoms with Gasteiger partial charge in [0.2, 0.25) is 29.5 Å². The summed E-state index contributed by atoms with van der Waals surface area (Å²) in [6.07, 6.45) is -0.822. The fourth-order valence-electron chi connectivity index (χ4n) is 3.93. The Bertz CT molecular complexity index is 1240. The Hall–Kier alpha value is -4.50. The third kappa shape index (κ3) is 9.36. The Balaban J connectivity index is 2.17. The molecule has 1 heterocycles. The van der Waals surface area contributed by atoms with Crippen LogP contribution in [0.4, 0.5) is 0 Å². The Morgan fingerprint density at radius 3 is 1.93 bits per heavy atom. The molecule has 0 spiro atoms. The molecule has 2 aromatic rings. The number of aliphatic carboxylic acids is 1. The summed E-state index contributed by atoms with van der Waals surface area (Å²) in [6, 6.07) is 1.80. The lowest BCUT2D eigenvalue weighted by Crippen LogP contribution is -2.58. The lowest BCUT2D eigenvalue weighted by Gasteiger charge is -2.25. The van der Waals surface area contributed by atoms with Gasteiger partial charge in [-0.2, -0.15) is 0 Å². The van der Waals surface area contributed by atoms with Crippen LogP contribution in [0.5, 0.6) is 0 Å². The zero-order chi connectivity index (χ0) is 30.0. The summed E-state index contributed by atoms with van der Waals surface area (Å²) >= 11 is 0. The number of aromatic nitrogens is 1. The lowest BCUT2D eigenvalue weighted by atomic mass is 10.0. The molecule has 0 aliphatic carbocycles. The molecule has 15 heteroatoms. The molecule has 1 aromatic heterocycles. The molecule has 0 radical (unpaired) electrons. The molecule has 15 nitrogen and oxygen atoms in total. The first-order valence-corrected chi connectivity index (χ1v) is 12.5. The lowest BCUT2D eigenvalue weighted by molar-refractivity contribution is -0.145. The van der Waals surface area contributed by atoms with Crippen LogP contribution >= 0.6 is 0 Å². The number of carboxylic acid groups (broad SMARTS) is 1. The van der Waals surface area contributed by atoms with E-state index in [1.54, 1.807) is 6.20 Å². The van der Waals surface area contributed by atoms with Crippen LogP contribution in [0.1, 0.15) is 38.2 Å². The molecule has 1 aromatic carbocycles. The van der Waals surface area contributed by atoms with Crippen molar-refractivity contribution < 1.29 is 39.0 Å². The summed E-state index contributed by atoms with van der Waals surface area (Å²) in [5, 5.41) is 26.7. The number of carboxylic acids is 1. The zero-order valence-electron chi connectivity index (χ0n) is 21.9. The van der Waals surface area contributed by atoms with Crippen LogP contribution in [-0.2, 0) is 35.2 Å². The van der Waals surface area contributed by atoms with Gasteiger partial charge in [0, 0.05) is 29.9 Å². The molecule has 5 amide bonds. The van der Waals surface area contributed by atoms with Crippen molar-refractivity contribution >= 4 is 46.4 Å². The van der Waals surface area contributed by atoms with Crippen molar-refractivity contribution in [2.24, 2.45) is 17.2 Å². The molecular formula is C25H35N7O8. The number of fused-ring (bicyclic) bond motifs is 1. The average molecular weight is 562 g/mol. The van der Waals surface area contributed by atoms with Gasteiger partial charge >= 0.3 is 5.97 Å². The minimum Gasteiger partial charge on any atom is -0.480 e. The average Bonchev–Trinajstić information content (AvgIpc) is 3.28. The number of carbonyl (C=O) groups is 6. The van der Waals surface area contributed by atoms with Crippen LogP contribution in [0.2, 0.25) is 0 Å². The number of para-hydroxylation sites is 1. The molecule has 0 saturated carbocycles. The van der Waals surface area contributed by atoms with Gasteiger partial charge in [-0.3, -0.25) is 24.0 Å². The smallest absolute Gasteiger partial charge is 0.328 e. The maximum atomic E-state index is 13.1. The quantitative estimate of drug-likeness (QED) is 0.104. The number of H-pyrrole nitrogens is 1. The number of carbonyl (C=O) groups excluding carboxylic acids is 5. The molecule has 218 valence electrons. The number of rotatable bonds is 16. The summed E-state index contributed by atoms with van der Waals surface area (Å²) in [6.45, 7) is 1.14. The van der Waals surface area contributed by atoms with Gasteiger partial charge in [0.05, 0.1) is 12.1 Å². The second-order valence-corrected chi connectivity index (χ2v) is 9.37. The van der Waals surface area contributed by atoms with Crippen molar-refractivity contribution in [3.63, 3.8) is 0 Å². The van der Waals surface area contributed by atoms with E-state index >= 15 is 0 Å². The van der Waals surface area contributed by atoms with Gasteiger partial charge in [0.15, 0.2) is 6.04 Å². The summed E-state index contributed by atoms with van der Waals surface area (Å²) in [5.74, 6) is -5.72. The molecule has 12 N–H and O–H groups in total. The number of hydrogen-bond donors (Lipinski definition) is 9. The molecule has 5 unspecified atom stereocenters. The minimum absolute atomic E-state index is 0.125. The topological polar surface area (TPSA) is 273 Å². The van der Waals surface area contributed by atoms with E-state index in [9.17, 15) is 39.0 Å². The van der Waals surface area contributed by atoms with Crippen molar-refractivity contribution in [3.8, 4) is 0 Å². The second kappa shape index (κ2) is 14.6. The predicted octanol–water partition coefficient (Wildman–Crippen LogP) is -2.51. The van der Waals surface area contributed by atoms with Crippen LogP contribution in [0.15, 0.2) is 30.5 Å². The van der Waals surface area contributed by atoms with Crippen LogP contribution in [-0.4, -0.2) is 81.0 Å². The Morgan fingerprint density at radius 2 is 1.40 bits per heavy atom. The Labute approximate surface area is 229 Å². The molecule has 2 rings (SSSR count). The Morgan fingerprint density at radius 1 is 0.875 bits per heavy atom. The van der Waals surface area contributed by atoms with Gasteiger partial charge < -0.3 is 48.3 Å². The van der Waals surface area contributed by atoms with E-state index in [2.05, 4.69) is 20.9 Å². The molecule has 0 saturated heterocycles. The fraction of sp³-hybridized carbons (Fsp3) is 0.440. The highest BCUT2D eigenvalue weighted by molar-refractivity contribution is 5.95. The maximum absolute atomic E-state index is 13.1. The van der Waals surface area contributed by atoms with Gasteiger partial charge in [0.1, 0.15) is 12.1 Å². The molecular weight excluding hydrogens is 526 g/mol. The highest BCUT2D eigenvalue weighted by Gasteiger charge is 2.32. The van der Waals surface area contributed by atoms with E-state index in [4.69, 9.17) is 17.2 Å². The monoisotopic (exact) mass is 561 g/mol. The Kier molecular flexibility index (Phi) is 11.6. The van der Waals surface area contributed by atoms with Crippen LogP contribution in [0.25, 0.3) is 10.9 Å². The van der Waals surface area contributed by atoms with Crippen molar-refractivity contribution in [1.29, 1.82) is 0 Å². The third-order valence-corrected chi connectivity index (χ3v) is 6.12. The van der Waals surface area contributed by atoms with Crippen molar-refractivity contribution in [2.75, 3.05) is 0 Å². The van der Waals surface area contributed by atoms with Crippen molar-refractivity contribution in [3.05, 3.63) is 36.0 Å². The van der Waals surface area contributed by atoms with Crippen molar-refractivity contribution in [1.82, 2.24) is 20.9 Å². The first kappa shape index (κ1) is 31.7. The summed E-state index contributed by atoms with van der Waals surface area (Å²) in [4.78, 5) is 76.0. The molecule has 0 fully saturated rings. The number of benzene rings is 1. The van der Waals surface area contributed by atoms with E-state index in [0.29, 0.717) is 0 Å². The molecule has 40 heavy (non-hydrogen) atoms. The summed E-state index contributed by atoms with van der Waals surface area (Å²) in [5.41, 5.74) is 18.1. The number of aromatic amines is 1. The van der Waals surface area contributed by atoms with Gasteiger partial charge in [-0.1, -0.05) is 18.2 Å². The summed E-state index contributed by atoms with van der Waals surface area (Å²) < 4.78 is 0. The highest BCUT2D eigenvalue weighted by Crippen LogP contribution is 2.19. The van der Waals surface area contributed by atoms with Gasteiger partial charge in [0.25, 0.3) is 0 Å². The van der Waals surface area contributed by atoms with Gasteiger partial charge in [-0.15, -0.1) is 0 Å². The number of amides is 5. The second-order valence-electron chi connectivity index (χ2n) is 9.37. The van der Waals surface area contributed by atoms with Crippen LogP contribution in [0.3, 0.4) is 0 Å². The minimum atomic E-state index is -1.70. The number of primary amides is 2. The predicted molar refractivity (Wildman–Crippen MR) is 142 cm³/mol. The normalized spacial score (nSPS) is 14.8. The third-order valence-electron chi connectivity index (χ3n) is 6.12. The molecule has 5 atom stereocenters. The number of hydrogen-bond acceptors (Lipinski definition) is 8. The molecule has 0 bridgehead atoms. The first-order valence-electron chi connectivity index (χ1n) is 12.5. The van der Waals surface area contributed by atoms with E-state index < -0.39 is 65.8 Å². The van der Waals surface area contributed by atoms with E-state index in [1.165, 1.54) is 0 Å². The van der Waals surface area contributed by atoms with Gasteiger partial charge in [-0.25, -0.2) is 4.79 Å². The first-order chi connectivity index (χ1) is 18.8. The maximum Gasteiger partial charge on any atom is 0.328 e. The highest BCUT2D eigenvalue weighted by atomic mass is 16.4. The molecule has 0 aliphatic heterocycles. The van der Waals surface area contributed by atoms with Gasteiger partial charge in [-0.05, 0) is 37.8 Å². The number of nitrogens with two attached hydrogens (primary N) is 3. The largest absolute Gasteiger partial charge is 0.480 e. The SMILES string of the molecule is CC(O)C(NC(=O)C(CCC(N)=O)NC(=O)C(CCC(N)=O)NC(=O)C(N)Cc1c[nH]c2ccccc12)C(=O)O. The number of aliphatic hydroxyl groups excluding tert-OH is 1. The van der Waals surface area contributed by atoms with E-state index in [1.807, 2.05) is 24.3 Å². The summed E-state index contributed by atoms with van der Waals surface area (Å²) in [7, 11) is 0.